The standard InChI is InChI=1S/C22H29N3O4/c1-17-7-8-20(29-17)19(25-11-13-28-14-12-25)16-24-21(26)9-10-23-22(27)15-18-5-3-2-4-6-18/h2-8,19H,9-16H2,1H3,(H,23,27)(H,24,26). The maximum Gasteiger partial charge on any atom is 0.224 e. The van der Waals surface area contributed by atoms with Crippen LogP contribution in [0.3, 0.4) is 0 Å². The smallest absolute Gasteiger partial charge is 0.224 e. The van der Waals surface area contributed by atoms with E-state index in [9.17, 15) is 9.59 Å². The Labute approximate surface area is 171 Å². The molecule has 3 rings (SSSR count). The number of furan rings is 1. The number of rotatable bonds is 9. The van der Waals surface area contributed by atoms with Gasteiger partial charge in [0, 0.05) is 32.6 Å². The Morgan fingerprint density at radius 1 is 1.03 bits per heavy atom. The second-order valence-electron chi connectivity index (χ2n) is 7.18. The molecule has 1 unspecified atom stereocenters. The minimum Gasteiger partial charge on any atom is -0.465 e. The zero-order valence-electron chi connectivity index (χ0n) is 16.9. The average Bonchev–Trinajstić information content (AvgIpc) is 3.15. The number of carbonyl (C=O) groups is 2. The van der Waals surface area contributed by atoms with Crippen molar-refractivity contribution < 1.29 is 18.7 Å². The summed E-state index contributed by atoms with van der Waals surface area (Å²) in [5.41, 5.74) is 0.955. The van der Waals surface area contributed by atoms with E-state index in [0.717, 1.165) is 30.2 Å². The van der Waals surface area contributed by atoms with E-state index in [2.05, 4.69) is 15.5 Å². The zero-order valence-corrected chi connectivity index (χ0v) is 16.9. The molecule has 0 aliphatic carbocycles. The highest BCUT2D eigenvalue weighted by molar-refractivity contribution is 5.80. The maximum atomic E-state index is 12.3. The first kappa shape index (κ1) is 21.1. The van der Waals surface area contributed by atoms with Crippen LogP contribution < -0.4 is 10.6 Å². The van der Waals surface area contributed by atoms with Crippen molar-refractivity contribution in [2.45, 2.75) is 25.8 Å². The van der Waals surface area contributed by atoms with E-state index < -0.39 is 0 Å². The molecule has 2 aromatic rings. The van der Waals surface area contributed by atoms with E-state index >= 15 is 0 Å². The van der Waals surface area contributed by atoms with Crippen molar-refractivity contribution in [1.29, 1.82) is 0 Å². The fourth-order valence-corrected chi connectivity index (χ4v) is 3.39. The van der Waals surface area contributed by atoms with E-state index in [1.807, 2.05) is 49.4 Å². The van der Waals surface area contributed by atoms with Gasteiger partial charge in [0.15, 0.2) is 0 Å². The summed E-state index contributed by atoms with van der Waals surface area (Å²) in [6, 6.07) is 13.4. The van der Waals surface area contributed by atoms with Crippen molar-refractivity contribution in [2.75, 3.05) is 39.4 Å². The number of hydrogen-bond acceptors (Lipinski definition) is 5. The lowest BCUT2D eigenvalue weighted by molar-refractivity contribution is -0.122. The van der Waals surface area contributed by atoms with Crippen LogP contribution >= 0.6 is 0 Å². The molecule has 1 atom stereocenters. The fourth-order valence-electron chi connectivity index (χ4n) is 3.39. The largest absolute Gasteiger partial charge is 0.465 e. The van der Waals surface area contributed by atoms with Gasteiger partial charge in [0.2, 0.25) is 11.8 Å². The monoisotopic (exact) mass is 399 g/mol. The SMILES string of the molecule is Cc1ccc(C(CNC(=O)CCNC(=O)Cc2ccccc2)N2CCOCC2)o1. The summed E-state index contributed by atoms with van der Waals surface area (Å²) in [5, 5.41) is 5.78. The van der Waals surface area contributed by atoms with Crippen LogP contribution in [0.4, 0.5) is 0 Å². The number of ether oxygens (including phenoxy) is 1. The van der Waals surface area contributed by atoms with Crippen LogP contribution in [0.25, 0.3) is 0 Å². The molecule has 156 valence electrons. The van der Waals surface area contributed by atoms with Gasteiger partial charge in [-0.05, 0) is 24.6 Å². The lowest BCUT2D eigenvalue weighted by Gasteiger charge is -2.33. The van der Waals surface area contributed by atoms with Gasteiger partial charge < -0.3 is 19.8 Å². The molecule has 1 aromatic heterocycles. The highest BCUT2D eigenvalue weighted by Crippen LogP contribution is 2.23. The Balaban J connectivity index is 1.43. The van der Waals surface area contributed by atoms with Gasteiger partial charge in [0.1, 0.15) is 11.5 Å². The molecule has 7 heteroatoms. The van der Waals surface area contributed by atoms with Gasteiger partial charge in [0.05, 0.1) is 25.7 Å². The van der Waals surface area contributed by atoms with Crippen molar-refractivity contribution in [3.05, 3.63) is 59.5 Å². The average molecular weight is 399 g/mol. The predicted molar refractivity (Wildman–Crippen MR) is 109 cm³/mol. The van der Waals surface area contributed by atoms with Crippen molar-refractivity contribution in [2.24, 2.45) is 0 Å². The molecular formula is C22H29N3O4. The maximum absolute atomic E-state index is 12.3. The molecule has 2 heterocycles. The van der Waals surface area contributed by atoms with Gasteiger partial charge in [-0.3, -0.25) is 14.5 Å². The Hall–Kier alpha value is -2.64. The number of carbonyl (C=O) groups excluding carboxylic acids is 2. The zero-order chi connectivity index (χ0) is 20.5. The fraction of sp³-hybridized carbons (Fsp3) is 0.455. The molecule has 2 N–H and O–H groups in total. The number of hydrogen-bond donors (Lipinski definition) is 2. The van der Waals surface area contributed by atoms with Gasteiger partial charge in [-0.15, -0.1) is 0 Å². The van der Waals surface area contributed by atoms with Crippen LogP contribution in [-0.2, 0) is 20.7 Å². The third kappa shape index (κ3) is 6.73. The van der Waals surface area contributed by atoms with Crippen LogP contribution in [-0.4, -0.2) is 56.1 Å². The van der Waals surface area contributed by atoms with Crippen LogP contribution in [0.2, 0.25) is 0 Å². The number of morpholine rings is 1. The lowest BCUT2D eigenvalue weighted by atomic mass is 10.1. The molecule has 0 radical (unpaired) electrons. The van der Waals surface area contributed by atoms with Gasteiger partial charge in [-0.25, -0.2) is 0 Å². The third-order valence-electron chi connectivity index (χ3n) is 4.95. The van der Waals surface area contributed by atoms with Gasteiger partial charge in [0.25, 0.3) is 0 Å². The molecule has 0 spiro atoms. The third-order valence-corrected chi connectivity index (χ3v) is 4.95. The number of benzene rings is 1. The first-order valence-electron chi connectivity index (χ1n) is 10.1. The lowest BCUT2D eigenvalue weighted by Crippen LogP contribution is -2.44. The minimum absolute atomic E-state index is 0.0239. The highest BCUT2D eigenvalue weighted by Gasteiger charge is 2.25. The molecule has 2 amide bonds. The van der Waals surface area contributed by atoms with Gasteiger partial charge in [-0.1, -0.05) is 30.3 Å². The van der Waals surface area contributed by atoms with Crippen LogP contribution in [0.15, 0.2) is 46.9 Å². The molecule has 0 bridgehead atoms. The van der Waals surface area contributed by atoms with Crippen molar-refractivity contribution >= 4 is 11.8 Å². The number of nitrogens with one attached hydrogen (secondary N) is 2. The minimum atomic E-state index is -0.0912. The number of nitrogens with zero attached hydrogens (tertiary/aromatic N) is 1. The molecule has 1 fully saturated rings. The Bertz CT molecular complexity index is 784. The Morgan fingerprint density at radius 3 is 2.48 bits per heavy atom. The second kappa shape index (κ2) is 10.8. The first-order chi connectivity index (χ1) is 14.1. The van der Waals surface area contributed by atoms with Crippen LogP contribution in [0.1, 0.15) is 29.5 Å². The molecular weight excluding hydrogens is 370 g/mol. The quantitative estimate of drug-likeness (QED) is 0.672. The highest BCUT2D eigenvalue weighted by atomic mass is 16.5. The Kier molecular flexibility index (Phi) is 7.84. The molecule has 1 saturated heterocycles. The van der Waals surface area contributed by atoms with Crippen LogP contribution in [0, 0.1) is 6.92 Å². The van der Waals surface area contributed by atoms with Crippen molar-refractivity contribution in [1.82, 2.24) is 15.5 Å². The topological polar surface area (TPSA) is 83.8 Å². The summed E-state index contributed by atoms with van der Waals surface area (Å²) in [4.78, 5) is 26.5. The number of amides is 2. The summed E-state index contributed by atoms with van der Waals surface area (Å²) in [6.45, 7) is 5.65. The molecule has 7 nitrogen and oxygen atoms in total. The number of aryl methyl sites for hydroxylation is 1. The van der Waals surface area contributed by atoms with Crippen molar-refractivity contribution in [3.8, 4) is 0 Å². The summed E-state index contributed by atoms with van der Waals surface area (Å²) >= 11 is 0. The van der Waals surface area contributed by atoms with E-state index in [0.29, 0.717) is 32.7 Å². The van der Waals surface area contributed by atoms with E-state index in [1.165, 1.54) is 0 Å². The molecule has 1 aliphatic heterocycles. The molecule has 1 aliphatic rings. The molecule has 0 saturated carbocycles. The Morgan fingerprint density at radius 2 is 1.79 bits per heavy atom. The van der Waals surface area contributed by atoms with Gasteiger partial charge in [-0.2, -0.15) is 0 Å². The predicted octanol–water partition coefficient (Wildman–Crippen LogP) is 1.83. The summed E-state index contributed by atoms with van der Waals surface area (Å²) in [7, 11) is 0. The summed E-state index contributed by atoms with van der Waals surface area (Å²) in [5.74, 6) is 1.53. The molecule has 1 aromatic carbocycles. The summed E-state index contributed by atoms with van der Waals surface area (Å²) in [6.07, 6.45) is 0.562. The first-order valence-corrected chi connectivity index (χ1v) is 10.1. The molecule has 29 heavy (non-hydrogen) atoms. The second-order valence-corrected chi connectivity index (χ2v) is 7.18. The van der Waals surface area contributed by atoms with Gasteiger partial charge >= 0.3 is 0 Å². The normalized spacial score (nSPS) is 15.6. The van der Waals surface area contributed by atoms with Crippen LogP contribution in [0.5, 0.6) is 0 Å². The summed E-state index contributed by atoms with van der Waals surface area (Å²) < 4.78 is 11.2. The van der Waals surface area contributed by atoms with E-state index in [1.54, 1.807) is 0 Å². The van der Waals surface area contributed by atoms with E-state index in [4.69, 9.17) is 9.15 Å². The van der Waals surface area contributed by atoms with E-state index in [-0.39, 0.29) is 24.3 Å². The van der Waals surface area contributed by atoms with Crippen molar-refractivity contribution in [3.63, 3.8) is 0 Å².